The first kappa shape index (κ1) is 24.0. The number of ether oxygens (including phenoxy) is 1. The fourth-order valence-corrected chi connectivity index (χ4v) is 4.63. The van der Waals surface area contributed by atoms with Gasteiger partial charge in [0, 0.05) is 37.9 Å². The second-order valence-electron chi connectivity index (χ2n) is 8.58. The molecule has 0 radical (unpaired) electrons. The molecule has 2 heterocycles. The molecule has 3 atom stereocenters. The van der Waals surface area contributed by atoms with Crippen LogP contribution in [0.25, 0.3) is 0 Å². The third-order valence-electron chi connectivity index (χ3n) is 5.42. The third-order valence-corrected chi connectivity index (χ3v) is 6.68. The van der Waals surface area contributed by atoms with Gasteiger partial charge in [-0.2, -0.15) is 8.42 Å². The summed E-state index contributed by atoms with van der Waals surface area (Å²) in [4.78, 5) is 20.9. The lowest BCUT2D eigenvalue weighted by Crippen LogP contribution is -2.49. The zero-order valence-electron chi connectivity index (χ0n) is 19.0. The number of aromatic nitrogens is 2. The maximum absolute atomic E-state index is 13.4. The monoisotopic (exact) mass is 465 g/mol. The average molecular weight is 466 g/mol. The minimum absolute atomic E-state index is 0.0193. The number of amides is 1. The van der Waals surface area contributed by atoms with Crippen LogP contribution in [0.3, 0.4) is 0 Å². The lowest BCUT2D eigenvalue weighted by Gasteiger charge is -2.37. The Labute approximate surface area is 188 Å². The van der Waals surface area contributed by atoms with Crippen LogP contribution in [0, 0.1) is 5.92 Å². The van der Waals surface area contributed by atoms with E-state index in [1.54, 1.807) is 31.0 Å². The average Bonchev–Trinajstić information content (AvgIpc) is 3.17. The summed E-state index contributed by atoms with van der Waals surface area (Å²) in [7, 11) is 1.66. The van der Waals surface area contributed by atoms with Crippen molar-refractivity contribution in [3.05, 3.63) is 36.3 Å². The van der Waals surface area contributed by atoms with Crippen molar-refractivity contribution in [3.8, 4) is 5.75 Å². The molecule has 0 fully saturated rings. The van der Waals surface area contributed by atoms with Gasteiger partial charge in [0.25, 0.3) is 15.9 Å². The maximum atomic E-state index is 13.4. The first-order chi connectivity index (χ1) is 15.0. The number of aliphatic hydroxyl groups excluding tert-OH is 1. The smallest absolute Gasteiger partial charge is 0.280 e. The molecule has 2 aromatic rings. The van der Waals surface area contributed by atoms with Crippen LogP contribution in [-0.4, -0.2) is 84.7 Å². The number of likely N-dealkylation sites (N-methyl/N-ethyl adjacent to an activating group) is 1. The molecule has 32 heavy (non-hydrogen) atoms. The molecule has 11 heteroatoms. The number of imidazole rings is 1. The highest BCUT2D eigenvalue weighted by Crippen LogP contribution is 2.31. The van der Waals surface area contributed by atoms with Gasteiger partial charge in [-0.15, -0.1) is 0 Å². The molecule has 1 aliphatic rings. The van der Waals surface area contributed by atoms with Crippen LogP contribution < -0.4 is 9.46 Å². The van der Waals surface area contributed by atoms with Gasteiger partial charge in [-0.25, -0.2) is 4.98 Å². The molecule has 0 aliphatic carbocycles. The summed E-state index contributed by atoms with van der Waals surface area (Å²) >= 11 is 0. The summed E-state index contributed by atoms with van der Waals surface area (Å²) in [5.41, 5.74) is 0.461. The van der Waals surface area contributed by atoms with E-state index in [2.05, 4.69) is 9.71 Å². The van der Waals surface area contributed by atoms with Gasteiger partial charge in [-0.1, -0.05) is 6.92 Å². The van der Waals surface area contributed by atoms with Crippen molar-refractivity contribution in [1.82, 2.24) is 19.4 Å². The Morgan fingerprint density at radius 2 is 2.09 bits per heavy atom. The number of benzene rings is 1. The predicted octanol–water partition coefficient (Wildman–Crippen LogP) is 1.00. The van der Waals surface area contributed by atoms with Crippen molar-refractivity contribution in [2.24, 2.45) is 13.0 Å². The topological polar surface area (TPSA) is 117 Å². The SMILES string of the molecule is C[C@H](CO)N1C[C@H](C)[C@@H](CN(C)C)Oc2ccc(NS(=O)(=O)c3cn(C)cn3)cc2C1=O. The van der Waals surface area contributed by atoms with E-state index in [1.165, 1.54) is 23.2 Å². The number of hydrogen-bond donors (Lipinski definition) is 2. The number of nitrogens with one attached hydrogen (secondary N) is 1. The van der Waals surface area contributed by atoms with Crippen LogP contribution in [0.15, 0.2) is 35.7 Å². The lowest BCUT2D eigenvalue weighted by molar-refractivity contribution is 0.0363. The van der Waals surface area contributed by atoms with Gasteiger partial charge in [0.15, 0.2) is 5.03 Å². The van der Waals surface area contributed by atoms with Crippen molar-refractivity contribution in [1.29, 1.82) is 0 Å². The quantitative estimate of drug-likeness (QED) is 0.627. The van der Waals surface area contributed by atoms with Crippen molar-refractivity contribution in [3.63, 3.8) is 0 Å². The van der Waals surface area contributed by atoms with Crippen molar-refractivity contribution < 1.29 is 23.1 Å². The Balaban J connectivity index is 2.00. The van der Waals surface area contributed by atoms with Gasteiger partial charge in [0.1, 0.15) is 11.9 Å². The fourth-order valence-electron chi connectivity index (χ4n) is 3.60. The summed E-state index contributed by atoms with van der Waals surface area (Å²) in [5, 5.41) is 9.59. The number of nitrogens with zero attached hydrogens (tertiary/aromatic N) is 4. The van der Waals surface area contributed by atoms with Crippen LogP contribution >= 0.6 is 0 Å². The zero-order valence-corrected chi connectivity index (χ0v) is 19.8. The molecule has 1 aliphatic heterocycles. The van der Waals surface area contributed by atoms with Crippen molar-refractivity contribution in [2.45, 2.75) is 31.0 Å². The molecular weight excluding hydrogens is 434 g/mol. The highest BCUT2D eigenvalue weighted by molar-refractivity contribution is 7.92. The predicted molar refractivity (Wildman–Crippen MR) is 120 cm³/mol. The van der Waals surface area contributed by atoms with E-state index in [9.17, 15) is 18.3 Å². The molecule has 1 aromatic carbocycles. The molecule has 0 bridgehead atoms. The summed E-state index contributed by atoms with van der Waals surface area (Å²) < 4.78 is 35.6. The molecule has 3 rings (SSSR count). The Morgan fingerprint density at radius 1 is 1.38 bits per heavy atom. The molecule has 0 unspecified atom stereocenters. The molecule has 0 saturated carbocycles. The van der Waals surface area contributed by atoms with E-state index in [4.69, 9.17) is 4.74 Å². The van der Waals surface area contributed by atoms with E-state index >= 15 is 0 Å². The van der Waals surface area contributed by atoms with Crippen LogP contribution in [0.4, 0.5) is 5.69 Å². The summed E-state index contributed by atoms with van der Waals surface area (Å²) in [6, 6.07) is 4.24. The van der Waals surface area contributed by atoms with Crippen molar-refractivity contribution >= 4 is 21.6 Å². The number of hydrogen-bond acceptors (Lipinski definition) is 7. The maximum Gasteiger partial charge on any atom is 0.280 e. The molecular formula is C21H31N5O5S. The molecule has 176 valence electrons. The second kappa shape index (κ2) is 9.47. The summed E-state index contributed by atoms with van der Waals surface area (Å²) in [6.45, 7) is 4.66. The van der Waals surface area contributed by atoms with Crippen molar-refractivity contribution in [2.75, 3.05) is 38.5 Å². The largest absolute Gasteiger partial charge is 0.488 e. The van der Waals surface area contributed by atoms with Crippen LogP contribution in [0.2, 0.25) is 0 Å². The number of aliphatic hydroxyl groups is 1. The van der Waals surface area contributed by atoms with E-state index < -0.39 is 16.1 Å². The highest BCUT2D eigenvalue weighted by atomic mass is 32.2. The number of anilines is 1. The fraction of sp³-hybridized carbons (Fsp3) is 0.524. The van der Waals surface area contributed by atoms with Gasteiger partial charge >= 0.3 is 0 Å². The number of fused-ring (bicyclic) bond motifs is 1. The second-order valence-corrected chi connectivity index (χ2v) is 10.2. The molecule has 1 aromatic heterocycles. The van der Waals surface area contributed by atoms with E-state index in [-0.39, 0.29) is 40.8 Å². The summed E-state index contributed by atoms with van der Waals surface area (Å²) in [5.74, 6) is 0.0748. The highest BCUT2D eigenvalue weighted by Gasteiger charge is 2.33. The van der Waals surface area contributed by atoms with Crippen LogP contribution in [0.1, 0.15) is 24.2 Å². The van der Waals surface area contributed by atoms with Crippen LogP contribution in [-0.2, 0) is 17.1 Å². The minimum atomic E-state index is -3.92. The van der Waals surface area contributed by atoms with E-state index in [1.807, 2.05) is 25.9 Å². The molecule has 2 N–H and O–H groups in total. The van der Waals surface area contributed by atoms with Crippen LogP contribution in [0.5, 0.6) is 5.75 Å². The Hall–Kier alpha value is -2.63. The van der Waals surface area contributed by atoms with Gasteiger partial charge in [0.2, 0.25) is 0 Å². The number of aryl methyl sites for hydroxylation is 1. The van der Waals surface area contributed by atoms with E-state index in [0.717, 1.165) is 0 Å². The zero-order chi connectivity index (χ0) is 23.6. The minimum Gasteiger partial charge on any atom is -0.488 e. The third kappa shape index (κ3) is 5.22. The lowest BCUT2D eigenvalue weighted by atomic mass is 9.99. The first-order valence-electron chi connectivity index (χ1n) is 10.4. The number of sulfonamides is 1. The molecule has 0 spiro atoms. The first-order valence-corrected chi connectivity index (χ1v) is 11.9. The van der Waals surface area contributed by atoms with Gasteiger partial charge < -0.3 is 24.2 Å². The van der Waals surface area contributed by atoms with Gasteiger partial charge in [0.05, 0.1) is 24.5 Å². The standard InChI is InChI=1S/C21H31N5O5S/c1-14-9-26(15(2)12-27)21(28)17-8-16(6-7-18(17)31-19(14)10-24(3)4)23-32(29,30)20-11-25(5)13-22-20/h6-8,11,13-15,19,23,27H,9-10,12H2,1-5H3/t14-,15+,19+/m0/s1. The number of carbonyl (C=O) groups excluding carboxylic acids is 1. The molecule has 10 nitrogen and oxygen atoms in total. The Kier molecular flexibility index (Phi) is 7.11. The molecule has 0 saturated heterocycles. The summed E-state index contributed by atoms with van der Waals surface area (Å²) in [6.07, 6.45) is 2.59. The van der Waals surface area contributed by atoms with Gasteiger partial charge in [-0.3, -0.25) is 9.52 Å². The Bertz CT molecular complexity index is 1070. The van der Waals surface area contributed by atoms with E-state index in [0.29, 0.717) is 18.8 Å². The normalized spacial score (nSPS) is 20.3. The number of carbonyl (C=O) groups is 1. The molecule has 1 amide bonds. The number of rotatable bonds is 7. The van der Waals surface area contributed by atoms with Gasteiger partial charge in [-0.05, 0) is 39.2 Å². The Morgan fingerprint density at radius 3 is 2.69 bits per heavy atom.